The largest absolute Gasteiger partial charge is 0.574 e. The van der Waals surface area contributed by atoms with Crippen LogP contribution in [0.1, 0.15) is 17.6 Å². The Morgan fingerprint density at radius 1 is 1.11 bits per heavy atom. The zero-order chi connectivity index (χ0) is 15.0. The Hall–Kier alpha value is -1.81. The predicted octanol–water partition coefficient (Wildman–Crippen LogP) is 3.23. The summed E-state index contributed by atoms with van der Waals surface area (Å²) in [6.07, 6.45) is -14.8. The first kappa shape index (κ1) is 15.2. The van der Waals surface area contributed by atoms with Gasteiger partial charge in [0.05, 0.1) is 0 Å². The van der Waals surface area contributed by atoms with Gasteiger partial charge < -0.3 is 9.72 Å². The summed E-state index contributed by atoms with van der Waals surface area (Å²) in [4.78, 5) is 12.3. The molecular weight excluding hydrogens is 294 g/mol. The quantitative estimate of drug-likeness (QED) is 0.852. The number of hydrogen-bond acceptors (Lipinski definition) is 2. The van der Waals surface area contributed by atoms with E-state index in [0.29, 0.717) is 0 Å². The molecule has 1 rings (SSSR count). The summed E-state index contributed by atoms with van der Waals surface area (Å²) in [5.74, 6) is -1.78. The van der Waals surface area contributed by atoms with Gasteiger partial charge in [-0.05, 0) is 0 Å². The fourth-order valence-electron chi connectivity index (χ4n) is 1.14. The minimum atomic E-state index is -5.44. The first-order chi connectivity index (χ1) is 8.43. The van der Waals surface area contributed by atoms with Crippen LogP contribution in [0.3, 0.4) is 0 Å². The fourth-order valence-corrected chi connectivity index (χ4v) is 1.14. The molecule has 0 radical (unpaired) electrons. The van der Waals surface area contributed by atoms with Crippen molar-refractivity contribution in [2.45, 2.75) is 19.0 Å². The molecule has 1 N–H and O–H groups in total. The molecule has 0 saturated heterocycles. The van der Waals surface area contributed by atoms with Gasteiger partial charge in [0, 0.05) is 6.20 Å². The fraction of sp³-hybridized carbons (Fsp3) is 0.375. The highest BCUT2D eigenvalue weighted by molar-refractivity contribution is 5.32. The lowest BCUT2D eigenvalue weighted by atomic mass is 10.2. The lowest BCUT2D eigenvalue weighted by Crippen LogP contribution is -2.27. The summed E-state index contributed by atoms with van der Waals surface area (Å²) in [5.41, 5.74) is -6.36. The van der Waals surface area contributed by atoms with Crippen LogP contribution in [0.5, 0.6) is 5.88 Å². The number of alkyl halides is 8. The highest BCUT2D eigenvalue weighted by atomic mass is 19.4. The van der Waals surface area contributed by atoms with Gasteiger partial charge >= 0.3 is 12.5 Å². The summed E-state index contributed by atoms with van der Waals surface area (Å²) < 4.78 is 100. The Kier molecular flexibility index (Phi) is 3.77. The molecular formula is C8H3F8NO2. The van der Waals surface area contributed by atoms with Gasteiger partial charge in [-0.2, -0.15) is 13.2 Å². The molecule has 0 spiro atoms. The minimum Gasteiger partial charge on any atom is -0.389 e. The normalized spacial score (nSPS) is 12.9. The van der Waals surface area contributed by atoms with Gasteiger partial charge in [0.1, 0.15) is 11.1 Å². The number of pyridine rings is 1. The van der Waals surface area contributed by atoms with Crippen LogP contribution in [0, 0.1) is 0 Å². The van der Waals surface area contributed by atoms with Gasteiger partial charge in [0.25, 0.3) is 6.43 Å². The van der Waals surface area contributed by atoms with Gasteiger partial charge in [-0.15, -0.1) is 13.2 Å². The highest BCUT2D eigenvalue weighted by Gasteiger charge is 2.39. The van der Waals surface area contributed by atoms with Crippen LogP contribution in [-0.2, 0) is 6.18 Å². The number of ether oxygens (including phenoxy) is 1. The van der Waals surface area contributed by atoms with Crippen LogP contribution in [0.15, 0.2) is 11.0 Å². The van der Waals surface area contributed by atoms with Crippen molar-refractivity contribution in [1.82, 2.24) is 4.98 Å². The maximum Gasteiger partial charge on any atom is 0.574 e. The van der Waals surface area contributed by atoms with E-state index >= 15 is 0 Å². The molecule has 0 unspecified atom stereocenters. The Morgan fingerprint density at radius 3 is 2.00 bits per heavy atom. The van der Waals surface area contributed by atoms with Crippen molar-refractivity contribution < 1.29 is 39.9 Å². The number of halogens is 8. The minimum absolute atomic E-state index is 0.171. The van der Waals surface area contributed by atoms with Crippen LogP contribution in [0.25, 0.3) is 0 Å². The number of rotatable bonds is 2. The Morgan fingerprint density at radius 2 is 1.63 bits per heavy atom. The van der Waals surface area contributed by atoms with E-state index in [1.807, 2.05) is 0 Å². The lowest BCUT2D eigenvalue weighted by molar-refractivity contribution is -0.276. The van der Waals surface area contributed by atoms with E-state index < -0.39 is 41.4 Å². The Bertz CT molecular complexity index is 515. The van der Waals surface area contributed by atoms with Crippen molar-refractivity contribution >= 4 is 0 Å². The number of aromatic amines is 1. The molecule has 0 fully saturated rings. The maximum atomic E-state index is 12.4. The molecule has 0 aliphatic heterocycles. The van der Waals surface area contributed by atoms with Gasteiger partial charge in [-0.1, -0.05) is 0 Å². The van der Waals surface area contributed by atoms with Crippen LogP contribution in [0.2, 0.25) is 0 Å². The van der Waals surface area contributed by atoms with E-state index in [0.717, 1.165) is 0 Å². The molecule has 0 aliphatic rings. The second-order valence-corrected chi connectivity index (χ2v) is 3.12. The van der Waals surface area contributed by atoms with E-state index in [1.165, 1.54) is 4.98 Å². The van der Waals surface area contributed by atoms with Gasteiger partial charge in [-0.3, -0.25) is 4.79 Å². The summed E-state index contributed by atoms with van der Waals surface area (Å²) >= 11 is 0. The lowest BCUT2D eigenvalue weighted by Gasteiger charge is -2.14. The summed E-state index contributed by atoms with van der Waals surface area (Å²) in [5, 5.41) is 0. The maximum absolute atomic E-state index is 12.4. The number of hydrogen-bond donors (Lipinski definition) is 1. The molecule has 19 heavy (non-hydrogen) atoms. The van der Waals surface area contributed by atoms with Crippen LogP contribution in [0.4, 0.5) is 35.1 Å². The molecule has 1 heterocycles. The van der Waals surface area contributed by atoms with E-state index in [-0.39, 0.29) is 6.20 Å². The number of aromatic nitrogens is 1. The van der Waals surface area contributed by atoms with Crippen LogP contribution >= 0.6 is 0 Å². The second kappa shape index (κ2) is 4.70. The second-order valence-electron chi connectivity index (χ2n) is 3.12. The number of H-pyrrole nitrogens is 1. The van der Waals surface area contributed by atoms with Gasteiger partial charge in [0.2, 0.25) is 11.3 Å². The average molecular weight is 297 g/mol. The molecule has 3 nitrogen and oxygen atoms in total. The third kappa shape index (κ3) is 3.58. The van der Waals surface area contributed by atoms with E-state index in [4.69, 9.17) is 0 Å². The standard InChI is InChI=1S/C8H3F8NO2/c9-5(10)3-4(18)2(7(11,12)13)1-17-6(3)19-8(14,15)16/h1,5H,(H,17,18). The van der Waals surface area contributed by atoms with E-state index in [1.54, 1.807) is 0 Å². The Labute approximate surface area is 98.3 Å². The molecule has 1 aromatic rings. The number of nitrogens with one attached hydrogen (secondary N) is 1. The molecule has 11 heteroatoms. The van der Waals surface area contributed by atoms with Crippen molar-refractivity contribution in [2.24, 2.45) is 0 Å². The zero-order valence-electron chi connectivity index (χ0n) is 8.49. The molecule has 0 aromatic carbocycles. The first-order valence-corrected chi connectivity index (χ1v) is 4.30. The van der Waals surface area contributed by atoms with Crippen molar-refractivity contribution in [3.8, 4) is 5.88 Å². The molecule has 0 saturated carbocycles. The van der Waals surface area contributed by atoms with Crippen molar-refractivity contribution in [2.75, 3.05) is 0 Å². The van der Waals surface area contributed by atoms with Crippen molar-refractivity contribution in [1.29, 1.82) is 0 Å². The van der Waals surface area contributed by atoms with Crippen molar-refractivity contribution in [3.05, 3.63) is 27.5 Å². The van der Waals surface area contributed by atoms with E-state index in [2.05, 4.69) is 4.74 Å². The van der Waals surface area contributed by atoms with E-state index in [9.17, 15) is 39.9 Å². The molecule has 0 bridgehead atoms. The van der Waals surface area contributed by atoms with Gasteiger partial charge in [0.15, 0.2) is 0 Å². The van der Waals surface area contributed by atoms with Crippen LogP contribution in [-0.4, -0.2) is 11.3 Å². The molecule has 1 aromatic heterocycles. The predicted molar refractivity (Wildman–Crippen MR) is 43.7 cm³/mol. The molecule has 0 amide bonds. The molecule has 0 aliphatic carbocycles. The summed E-state index contributed by atoms with van der Waals surface area (Å²) in [6.45, 7) is 0. The topological polar surface area (TPSA) is 42.1 Å². The van der Waals surface area contributed by atoms with Crippen LogP contribution < -0.4 is 10.2 Å². The molecule has 0 atom stereocenters. The summed E-state index contributed by atoms with van der Waals surface area (Å²) in [7, 11) is 0. The van der Waals surface area contributed by atoms with Crippen molar-refractivity contribution in [3.63, 3.8) is 0 Å². The third-order valence-corrected chi connectivity index (χ3v) is 1.82. The third-order valence-electron chi connectivity index (χ3n) is 1.82. The first-order valence-electron chi connectivity index (χ1n) is 4.30. The average Bonchev–Trinajstić information content (AvgIpc) is 2.11. The SMILES string of the molecule is O=c1c(C(F)(F)F)c[nH]c(OC(F)(F)F)c1C(F)F. The Balaban J connectivity index is 3.46. The summed E-state index contributed by atoms with van der Waals surface area (Å²) in [6, 6.07) is 0. The smallest absolute Gasteiger partial charge is 0.389 e. The highest BCUT2D eigenvalue weighted by Crippen LogP contribution is 2.32. The zero-order valence-corrected chi connectivity index (χ0v) is 8.49. The monoisotopic (exact) mass is 297 g/mol. The van der Waals surface area contributed by atoms with Gasteiger partial charge in [-0.25, -0.2) is 8.78 Å². The molecule has 108 valence electrons.